The minimum Gasteiger partial charge on any atom is -0.296 e. The van der Waals surface area contributed by atoms with Crippen LogP contribution in [0.4, 0.5) is 5.69 Å². The van der Waals surface area contributed by atoms with E-state index in [-0.39, 0.29) is 5.69 Å². The molecule has 0 fully saturated rings. The molecule has 8 heteroatoms. The van der Waals surface area contributed by atoms with Gasteiger partial charge in [-0.15, -0.1) is 0 Å². The van der Waals surface area contributed by atoms with Crippen molar-refractivity contribution in [3.8, 4) is 5.69 Å². The fourth-order valence-electron chi connectivity index (χ4n) is 1.47. The van der Waals surface area contributed by atoms with Crippen LogP contribution in [-0.2, 0) is 10.3 Å². The molecular weight excluding hydrogens is 258 g/mol. The number of rotatable bonds is 4. The zero-order valence-electron chi connectivity index (χ0n) is 9.02. The highest BCUT2D eigenvalue weighted by Crippen LogP contribution is 2.16. The second-order valence-electron chi connectivity index (χ2n) is 3.41. The van der Waals surface area contributed by atoms with Crippen molar-refractivity contribution in [2.75, 3.05) is 4.72 Å². The lowest BCUT2D eigenvalue weighted by molar-refractivity contribution is 0.111. The maximum Gasteiger partial charge on any atom is 0.357 e. The summed E-state index contributed by atoms with van der Waals surface area (Å²) in [5.74, 6) is 0. The van der Waals surface area contributed by atoms with Crippen molar-refractivity contribution < 1.29 is 17.8 Å². The van der Waals surface area contributed by atoms with Crippen molar-refractivity contribution in [2.24, 2.45) is 0 Å². The number of aldehydes is 1. The summed E-state index contributed by atoms with van der Waals surface area (Å²) >= 11 is 0. The molecule has 0 saturated heterocycles. The third-order valence-corrected chi connectivity index (χ3v) is 2.62. The van der Waals surface area contributed by atoms with Gasteiger partial charge in [0.25, 0.3) is 0 Å². The third kappa shape index (κ3) is 2.73. The molecular formula is C10H9N3O4S. The number of hydrogen-bond acceptors (Lipinski definition) is 4. The Kier molecular flexibility index (Phi) is 3.13. The van der Waals surface area contributed by atoms with Gasteiger partial charge in [0.1, 0.15) is 5.69 Å². The van der Waals surface area contributed by atoms with Gasteiger partial charge in [-0.3, -0.25) is 14.1 Å². The molecule has 0 aliphatic carbocycles. The molecule has 0 atom stereocenters. The minimum atomic E-state index is -4.33. The predicted octanol–water partition coefficient (Wildman–Crippen LogP) is 0.899. The quantitative estimate of drug-likeness (QED) is 0.633. The molecule has 1 aromatic heterocycles. The van der Waals surface area contributed by atoms with Crippen LogP contribution >= 0.6 is 0 Å². The Hall–Kier alpha value is -2.19. The molecule has 7 nitrogen and oxygen atoms in total. The second kappa shape index (κ2) is 4.59. The Morgan fingerprint density at radius 3 is 2.78 bits per heavy atom. The topological polar surface area (TPSA) is 101 Å². The largest absolute Gasteiger partial charge is 0.357 e. The number of aromatic nitrogens is 2. The zero-order chi connectivity index (χ0) is 13.2. The highest BCUT2D eigenvalue weighted by Gasteiger charge is 2.07. The number of nitrogens with zero attached hydrogens (tertiary/aromatic N) is 2. The van der Waals surface area contributed by atoms with Crippen LogP contribution in [0.25, 0.3) is 5.69 Å². The Labute approximate surface area is 103 Å². The maximum atomic E-state index is 10.8. The first kappa shape index (κ1) is 12.3. The second-order valence-corrected chi connectivity index (χ2v) is 4.57. The van der Waals surface area contributed by atoms with Gasteiger partial charge in [-0.1, -0.05) is 6.07 Å². The maximum absolute atomic E-state index is 10.8. The Bertz CT molecular complexity index is 678. The van der Waals surface area contributed by atoms with Crippen molar-refractivity contribution in [2.45, 2.75) is 0 Å². The summed E-state index contributed by atoms with van der Waals surface area (Å²) in [5.41, 5.74) is 0.997. The van der Waals surface area contributed by atoms with Gasteiger partial charge >= 0.3 is 10.3 Å². The third-order valence-electron chi connectivity index (χ3n) is 2.13. The van der Waals surface area contributed by atoms with Crippen molar-refractivity contribution in [3.63, 3.8) is 0 Å². The van der Waals surface area contributed by atoms with Gasteiger partial charge in [-0.2, -0.15) is 13.5 Å². The first-order valence-electron chi connectivity index (χ1n) is 4.84. The van der Waals surface area contributed by atoms with Crippen LogP contribution in [0.3, 0.4) is 0 Å². The van der Waals surface area contributed by atoms with E-state index in [0.29, 0.717) is 17.7 Å². The highest BCUT2D eigenvalue weighted by atomic mass is 32.2. The van der Waals surface area contributed by atoms with Gasteiger partial charge in [0.2, 0.25) is 0 Å². The first-order chi connectivity index (χ1) is 8.49. The normalized spacial score (nSPS) is 11.2. The molecule has 1 heterocycles. The molecule has 0 spiro atoms. The number of hydrogen-bond donors (Lipinski definition) is 2. The summed E-state index contributed by atoms with van der Waals surface area (Å²) in [4.78, 5) is 10.8. The molecule has 0 amide bonds. The summed E-state index contributed by atoms with van der Waals surface area (Å²) in [6.45, 7) is 0. The van der Waals surface area contributed by atoms with Gasteiger partial charge in [-0.05, 0) is 24.3 Å². The van der Waals surface area contributed by atoms with Gasteiger partial charge in [0, 0.05) is 0 Å². The summed E-state index contributed by atoms with van der Waals surface area (Å²) < 4.78 is 33.3. The van der Waals surface area contributed by atoms with Gasteiger partial charge in [0.15, 0.2) is 6.29 Å². The van der Waals surface area contributed by atoms with Crippen LogP contribution in [0.5, 0.6) is 0 Å². The smallest absolute Gasteiger partial charge is 0.296 e. The van der Waals surface area contributed by atoms with Crippen LogP contribution in [0.15, 0.2) is 36.5 Å². The van der Waals surface area contributed by atoms with Crippen molar-refractivity contribution in [1.82, 2.24) is 9.78 Å². The average molecular weight is 267 g/mol. The predicted molar refractivity (Wildman–Crippen MR) is 64.1 cm³/mol. The number of anilines is 1. The molecule has 94 valence electrons. The first-order valence-corrected chi connectivity index (χ1v) is 6.28. The van der Waals surface area contributed by atoms with Crippen LogP contribution < -0.4 is 4.72 Å². The van der Waals surface area contributed by atoms with E-state index in [2.05, 4.69) is 5.10 Å². The molecule has 1 aromatic carbocycles. The van der Waals surface area contributed by atoms with E-state index < -0.39 is 10.3 Å². The van der Waals surface area contributed by atoms with E-state index in [1.54, 1.807) is 12.1 Å². The number of carbonyl (C=O) groups is 1. The molecule has 2 N–H and O–H groups in total. The number of nitrogens with one attached hydrogen (secondary N) is 1. The Balaban J connectivity index is 2.42. The van der Waals surface area contributed by atoms with E-state index >= 15 is 0 Å². The van der Waals surface area contributed by atoms with E-state index in [4.69, 9.17) is 4.55 Å². The standard InChI is InChI=1S/C10H9N3O4S/c14-7-10-4-5-11-13(10)9-3-1-2-8(6-9)12-18(15,16)17/h1-7,12H,(H,15,16,17). The highest BCUT2D eigenvalue weighted by molar-refractivity contribution is 7.87. The van der Waals surface area contributed by atoms with Gasteiger partial charge in [-0.25, -0.2) is 4.68 Å². The monoisotopic (exact) mass is 267 g/mol. The Morgan fingerprint density at radius 1 is 1.33 bits per heavy atom. The van der Waals surface area contributed by atoms with E-state index in [9.17, 15) is 13.2 Å². The molecule has 0 aliphatic heterocycles. The molecule has 18 heavy (non-hydrogen) atoms. The van der Waals surface area contributed by atoms with Crippen LogP contribution in [0, 0.1) is 0 Å². The summed E-state index contributed by atoms with van der Waals surface area (Å²) in [7, 11) is -4.33. The van der Waals surface area contributed by atoms with E-state index in [1.165, 1.54) is 29.1 Å². The van der Waals surface area contributed by atoms with Gasteiger partial charge in [0.05, 0.1) is 17.6 Å². The van der Waals surface area contributed by atoms with Crippen LogP contribution in [0.1, 0.15) is 10.5 Å². The average Bonchev–Trinajstić information content (AvgIpc) is 2.75. The fourth-order valence-corrected chi connectivity index (χ4v) is 1.89. The van der Waals surface area contributed by atoms with Crippen LogP contribution in [-0.4, -0.2) is 29.0 Å². The lowest BCUT2D eigenvalue weighted by Gasteiger charge is -2.07. The zero-order valence-corrected chi connectivity index (χ0v) is 9.83. The van der Waals surface area contributed by atoms with Crippen LogP contribution in [0.2, 0.25) is 0 Å². The molecule has 2 rings (SSSR count). The minimum absolute atomic E-state index is 0.169. The SMILES string of the molecule is O=Cc1ccnn1-c1cccc(NS(=O)(=O)O)c1. The summed E-state index contributed by atoms with van der Waals surface area (Å²) in [5, 5.41) is 3.94. The number of carbonyl (C=O) groups excluding carboxylic acids is 1. The van der Waals surface area contributed by atoms with Crippen molar-refractivity contribution in [3.05, 3.63) is 42.2 Å². The van der Waals surface area contributed by atoms with Crippen molar-refractivity contribution in [1.29, 1.82) is 0 Å². The molecule has 0 unspecified atom stereocenters. The lowest BCUT2D eigenvalue weighted by atomic mass is 10.3. The molecule has 0 radical (unpaired) electrons. The summed E-state index contributed by atoms with van der Waals surface area (Å²) in [6, 6.07) is 7.64. The number of benzene rings is 1. The molecule has 0 bridgehead atoms. The van der Waals surface area contributed by atoms with E-state index in [1.807, 2.05) is 4.72 Å². The van der Waals surface area contributed by atoms with Gasteiger partial charge < -0.3 is 0 Å². The molecule has 0 saturated carbocycles. The van der Waals surface area contributed by atoms with Crippen molar-refractivity contribution >= 4 is 22.3 Å². The van der Waals surface area contributed by atoms with E-state index in [0.717, 1.165) is 0 Å². The molecule has 0 aliphatic rings. The molecule has 2 aromatic rings. The summed E-state index contributed by atoms with van der Waals surface area (Å²) in [6.07, 6.45) is 2.09. The lowest BCUT2D eigenvalue weighted by Crippen LogP contribution is -2.11. The Morgan fingerprint density at radius 2 is 2.11 bits per heavy atom. The fraction of sp³-hybridized carbons (Fsp3) is 0.